The second-order valence-corrected chi connectivity index (χ2v) is 6.00. The zero-order chi connectivity index (χ0) is 17.8. The van der Waals surface area contributed by atoms with Crippen molar-refractivity contribution in [2.75, 3.05) is 14.2 Å². The van der Waals surface area contributed by atoms with Gasteiger partial charge in [0, 0.05) is 6.42 Å². The first-order chi connectivity index (χ1) is 12.1. The van der Waals surface area contributed by atoms with Crippen molar-refractivity contribution in [3.8, 4) is 11.5 Å². The molecule has 0 fully saturated rings. The predicted octanol–water partition coefficient (Wildman–Crippen LogP) is 4.13. The number of halogens is 1. The standard InChI is InChI=1S/C19H19ClN2O3/c1-24-14-8-4-3-6-12(14)7-5-9-16-21-17-13(19(20)23)10-11-15(25-2)18(17)22-16/h3-4,6,8,10-11H,5,7,9H2,1-2H3,(H,21,22). The smallest absolute Gasteiger partial charge is 0.254 e. The zero-order valence-corrected chi connectivity index (χ0v) is 14.9. The number of H-pyrrole nitrogens is 1. The lowest BCUT2D eigenvalue weighted by Gasteiger charge is -2.07. The molecular formula is C19H19ClN2O3. The molecule has 3 aromatic rings. The first-order valence-corrected chi connectivity index (χ1v) is 8.39. The Morgan fingerprint density at radius 3 is 2.56 bits per heavy atom. The highest BCUT2D eigenvalue weighted by Crippen LogP contribution is 2.28. The van der Waals surface area contributed by atoms with Crippen molar-refractivity contribution in [1.29, 1.82) is 0 Å². The second kappa shape index (κ2) is 7.57. The van der Waals surface area contributed by atoms with Crippen LogP contribution in [-0.4, -0.2) is 29.4 Å². The SMILES string of the molecule is COc1ccccc1CCCc1nc2c(C(=O)Cl)ccc(OC)c2[nH]1. The van der Waals surface area contributed by atoms with E-state index < -0.39 is 5.24 Å². The van der Waals surface area contributed by atoms with Crippen molar-refractivity contribution < 1.29 is 14.3 Å². The van der Waals surface area contributed by atoms with Gasteiger partial charge in [-0.1, -0.05) is 18.2 Å². The first-order valence-electron chi connectivity index (χ1n) is 8.01. The van der Waals surface area contributed by atoms with Crippen LogP contribution in [0, 0.1) is 0 Å². The number of aryl methyl sites for hydroxylation is 2. The van der Waals surface area contributed by atoms with Gasteiger partial charge in [-0.3, -0.25) is 4.79 Å². The molecule has 1 N–H and O–H groups in total. The Bertz CT molecular complexity index is 905. The molecule has 0 radical (unpaired) electrons. The Hall–Kier alpha value is -2.53. The third kappa shape index (κ3) is 3.61. The Kier molecular flexibility index (Phi) is 5.24. The highest BCUT2D eigenvalue weighted by atomic mass is 35.5. The minimum absolute atomic E-state index is 0.379. The van der Waals surface area contributed by atoms with E-state index in [0.717, 1.165) is 36.4 Å². The highest BCUT2D eigenvalue weighted by molar-refractivity contribution is 6.68. The van der Waals surface area contributed by atoms with Crippen molar-refractivity contribution in [3.05, 3.63) is 53.3 Å². The highest BCUT2D eigenvalue weighted by Gasteiger charge is 2.16. The van der Waals surface area contributed by atoms with Crippen molar-refractivity contribution in [2.24, 2.45) is 0 Å². The number of aromatic nitrogens is 2. The molecule has 2 aromatic carbocycles. The number of methoxy groups -OCH3 is 2. The van der Waals surface area contributed by atoms with Crippen LogP contribution in [0.1, 0.15) is 28.2 Å². The van der Waals surface area contributed by atoms with E-state index in [9.17, 15) is 4.79 Å². The summed E-state index contributed by atoms with van der Waals surface area (Å²) in [5.74, 6) is 2.33. The van der Waals surface area contributed by atoms with E-state index in [0.29, 0.717) is 22.3 Å². The Balaban J connectivity index is 1.80. The van der Waals surface area contributed by atoms with Crippen LogP contribution in [0.15, 0.2) is 36.4 Å². The summed E-state index contributed by atoms with van der Waals surface area (Å²) in [6.07, 6.45) is 2.51. The fourth-order valence-electron chi connectivity index (χ4n) is 2.92. The minimum Gasteiger partial charge on any atom is -0.496 e. The number of nitrogens with one attached hydrogen (secondary N) is 1. The molecule has 1 aromatic heterocycles. The van der Waals surface area contributed by atoms with Gasteiger partial charge in [0.05, 0.1) is 19.8 Å². The van der Waals surface area contributed by atoms with E-state index >= 15 is 0 Å². The van der Waals surface area contributed by atoms with E-state index in [1.165, 1.54) is 0 Å². The molecule has 0 saturated heterocycles. The average molecular weight is 359 g/mol. The Morgan fingerprint density at radius 2 is 1.84 bits per heavy atom. The molecule has 0 aliphatic heterocycles. The van der Waals surface area contributed by atoms with Gasteiger partial charge in [0.15, 0.2) is 0 Å². The van der Waals surface area contributed by atoms with Crippen LogP contribution in [0.3, 0.4) is 0 Å². The van der Waals surface area contributed by atoms with Gasteiger partial charge in [-0.05, 0) is 48.2 Å². The quantitative estimate of drug-likeness (QED) is 0.645. The first kappa shape index (κ1) is 17.3. The molecular weight excluding hydrogens is 340 g/mol. The third-order valence-corrected chi connectivity index (χ3v) is 4.34. The average Bonchev–Trinajstić information content (AvgIpc) is 3.04. The molecule has 0 unspecified atom stereocenters. The summed E-state index contributed by atoms with van der Waals surface area (Å²) in [4.78, 5) is 19.4. The number of carbonyl (C=O) groups is 1. The van der Waals surface area contributed by atoms with Crippen LogP contribution < -0.4 is 9.47 Å². The molecule has 130 valence electrons. The maximum Gasteiger partial charge on any atom is 0.254 e. The third-order valence-electron chi connectivity index (χ3n) is 4.14. The van der Waals surface area contributed by atoms with Crippen LogP contribution in [0.5, 0.6) is 11.5 Å². The fraction of sp³-hybridized carbons (Fsp3) is 0.263. The summed E-state index contributed by atoms with van der Waals surface area (Å²) in [6.45, 7) is 0. The molecule has 5 nitrogen and oxygen atoms in total. The molecule has 0 aliphatic rings. The molecule has 0 aliphatic carbocycles. The summed E-state index contributed by atoms with van der Waals surface area (Å²) in [7, 11) is 3.26. The number of para-hydroxylation sites is 1. The van der Waals surface area contributed by atoms with Gasteiger partial charge in [-0.25, -0.2) is 4.98 Å². The number of fused-ring (bicyclic) bond motifs is 1. The summed E-state index contributed by atoms with van der Waals surface area (Å²) >= 11 is 5.66. The van der Waals surface area contributed by atoms with Crippen LogP contribution >= 0.6 is 11.6 Å². The molecule has 3 rings (SSSR count). The largest absolute Gasteiger partial charge is 0.496 e. The molecule has 0 spiro atoms. The number of carbonyl (C=O) groups excluding carboxylic acids is 1. The maximum atomic E-state index is 11.6. The molecule has 0 bridgehead atoms. The monoisotopic (exact) mass is 358 g/mol. The van der Waals surface area contributed by atoms with Gasteiger partial charge in [0.1, 0.15) is 28.4 Å². The zero-order valence-electron chi connectivity index (χ0n) is 14.1. The number of benzene rings is 2. The van der Waals surface area contributed by atoms with Crippen LogP contribution in [0.2, 0.25) is 0 Å². The predicted molar refractivity (Wildman–Crippen MR) is 97.8 cm³/mol. The number of hydrogen-bond donors (Lipinski definition) is 1. The minimum atomic E-state index is -0.528. The van der Waals surface area contributed by atoms with E-state index in [4.69, 9.17) is 21.1 Å². The van der Waals surface area contributed by atoms with Crippen LogP contribution in [0.4, 0.5) is 0 Å². The number of ether oxygens (including phenoxy) is 2. The lowest BCUT2D eigenvalue weighted by molar-refractivity contribution is 0.108. The van der Waals surface area contributed by atoms with Crippen LogP contribution in [0.25, 0.3) is 11.0 Å². The maximum absolute atomic E-state index is 11.6. The van der Waals surface area contributed by atoms with Gasteiger partial charge >= 0.3 is 0 Å². The molecule has 25 heavy (non-hydrogen) atoms. The Morgan fingerprint density at radius 1 is 1.08 bits per heavy atom. The van der Waals surface area contributed by atoms with Crippen molar-refractivity contribution >= 4 is 27.9 Å². The lowest BCUT2D eigenvalue weighted by Crippen LogP contribution is -1.95. The van der Waals surface area contributed by atoms with E-state index in [2.05, 4.69) is 16.0 Å². The normalized spacial score (nSPS) is 10.8. The molecule has 0 atom stereocenters. The van der Waals surface area contributed by atoms with E-state index in [1.54, 1.807) is 26.4 Å². The number of aromatic amines is 1. The van der Waals surface area contributed by atoms with Gasteiger partial charge < -0.3 is 14.5 Å². The molecule has 0 amide bonds. The van der Waals surface area contributed by atoms with Crippen molar-refractivity contribution in [3.63, 3.8) is 0 Å². The number of hydrogen-bond acceptors (Lipinski definition) is 4. The van der Waals surface area contributed by atoms with Gasteiger partial charge in [0.25, 0.3) is 5.24 Å². The molecule has 6 heteroatoms. The lowest BCUT2D eigenvalue weighted by atomic mass is 10.1. The van der Waals surface area contributed by atoms with Crippen LogP contribution in [-0.2, 0) is 12.8 Å². The van der Waals surface area contributed by atoms with Crippen molar-refractivity contribution in [1.82, 2.24) is 9.97 Å². The van der Waals surface area contributed by atoms with E-state index in [-0.39, 0.29) is 0 Å². The van der Waals surface area contributed by atoms with Gasteiger partial charge in [-0.2, -0.15) is 0 Å². The second-order valence-electron chi connectivity index (χ2n) is 5.66. The summed E-state index contributed by atoms with van der Waals surface area (Å²) in [5.41, 5.74) is 2.79. The van der Waals surface area contributed by atoms with Gasteiger partial charge in [0.2, 0.25) is 0 Å². The summed E-state index contributed by atoms with van der Waals surface area (Å²) < 4.78 is 10.7. The summed E-state index contributed by atoms with van der Waals surface area (Å²) in [5, 5.41) is -0.528. The van der Waals surface area contributed by atoms with Crippen molar-refractivity contribution in [2.45, 2.75) is 19.3 Å². The molecule has 0 saturated carbocycles. The van der Waals surface area contributed by atoms with Gasteiger partial charge in [-0.15, -0.1) is 0 Å². The number of imidazole rings is 1. The fourth-order valence-corrected chi connectivity index (χ4v) is 3.07. The summed E-state index contributed by atoms with van der Waals surface area (Å²) in [6, 6.07) is 11.3. The molecule has 1 heterocycles. The number of rotatable bonds is 7. The Labute approximate surface area is 150 Å². The van der Waals surface area contributed by atoms with E-state index in [1.807, 2.05) is 18.2 Å². The number of nitrogens with zero attached hydrogens (tertiary/aromatic N) is 1. The topological polar surface area (TPSA) is 64.2 Å².